The number of aromatic nitrogens is 1. The van der Waals surface area contributed by atoms with Crippen molar-refractivity contribution >= 4 is 17.6 Å². The third-order valence-electron chi connectivity index (χ3n) is 2.66. The van der Waals surface area contributed by atoms with Crippen molar-refractivity contribution in [1.29, 1.82) is 0 Å². The molecule has 0 unspecified atom stereocenters. The van der Waals surface area contributed by atoms with Crippen molar-refractivity contribution in [3.05, 3.63) is 23.6 Å². The maximum atomic E-state index is 13.0. The van der Waals surface area contributed by atoms with Gasteiger partial charge in [0.2, 0.25) is 5.91 Å². The number of amides is 2. The number of nitrogens with zero attached hydrogens (tertiary/aromatic N) is 1. The highest BCUT2D eigenvalue weighted by Gasteiger charge is 2.27. The minimum Gasteiger partial charge on any atom is -0.383 e. The van der Waals surface area contributed by atoms with Crippen LogP contribution in [0.5, 0.6) is 0 Å². The van der Waals surface area contributed by atoms with Gasteiger partial charge < -0.3 is 16.4 Å². The first-order valence-electron chi connectivity index (χ1n) is 5.69. The second kappa shape index (κ2) is 5.64. The summed E-state index contributed by atoms with van der Waals surface area (Å²) in [5.41, 5.74) is 4.67. The van der Waals surface area contributed by atoms with Gasteiger partial charge in [-0.3, -0.25) is 9.59 Å². The first-order chi connectivity index (χ1) is 8.77. The fourth-order valence-electron chi connectivity index (χ4n) is 1.45. The van der Waals surface area contributed by atoms with Crippen LogP contribution in [-0.4, -0.2) is 30.4 Å². The lowest BCUT2D eigenvalue weighted by Gasteiger charge is -2.22. The molecule has 7 heteroatoms. The fourth-order valence-corrected chi connectivity index (χ4v) is 1.45. The van der Waals surface area contributed by atoms with Crippen LogP contribution in [-0.2, 0) is 4.79 Å². The molecular formula is C12H17FN4O2. The molecule has 0 aromatic carbocycles. The van der Waals surface area contributed by atoms with Gasteiger partial charge in [0.15, 0.2) is 0 Å². The number of anilines is 1. The summed E-state index contributed by atoms with van der Waals surface area (Å²) in [5, 5.41) is 5.04. The van der Waals surface area contributed by atoms with Gasteiger partial charge in [-0.05, 0) is 19.9 Å². The maximum absolute atomic E-state index is 13.0. The molecule has 6 nitrogen and oxygen atoms in total. The van der Waals surface area contributed by atoms with Gasteiger partial charge in [0.25, 0.3) is 5.91 Å². The number of nitrogens with two attached hydrogens (primary N) is 1. The van der Waals surface area contributed by atoms with E-state index in [0.717, 1.165) is 12.3 Å². The van der Waals surface area contributed by atoms with Crippen LogP contribution in [0.25, 0.3) is 0 Å². The molecule has 104 valence electrons. The lowest BCUT2D eigenvalue weighted by Crippen LogP contribution is -2.43. The Bertz CT molecular complexity index is 503. The number of carbonyl (C=O) groups excluding carboxylic acids is 2. The first kappa shape index (κ1) is 14.9. The molecule has 0 fully saturated rings. The van der Waals surface area contributed by atoms with Crippen LogP contribution >= 0.6 is 0 Å². The van der Waals surface area contributed by atoms with Crippen molar-refractivity contribution in [2.75, 3.05) is 19.3 Å². The largest absolute Gasteiger partial charge is 0.383 e. The number of hydrogen-bond donors (Lipinski definition) is 3. The molecule has 0 bridgehead atoms. The van der Waals surface area contributed by atoms with Crippen molar-refractivity contribution < 1.29 is 14.0 Å². The van der Waals surface area contributed by atoms with E-state index in [1.807, 2.05) is 0 Å². The Morgan fingerprint density at radius 3 is 2.68 bits per heavy atom. The van der Waals surface area contributed by atoms with Gasteiger partial charge in [-0.25, -0.2) is 9.37 Å². The summed E-state index contributed by atoms with van der Waals surface area (Å²) < 4.78 is 13.0. The topological polar surface area (TPSA) is 97.1 Å². The Labute approximate surface area is 110 Å². The third-order valence-corrected chi connectivity index (χ3v) is 2.66. The molecule has 0 spiro atoms. The molecule has 0 radical (unpaired) electrons. The predicted molar refractivity (Wildman–Crippen MR) is 68.8 cm³/mol. The van der Waals surface area contributed by atoms with Gasteiger partial charge >= 0.3 is 0 Å². The second-order valence-electron chi connectivity index (χ2n) is 4.73. The Morgan fingerprint density at radius 2 is 2.11 bits per heavy atom. The molecule has 0 aliphatic heterocycles. The Morgan fingerprint density at radius 1 is 1.47 bits per heavy atom. The monoisotopic (exact) mass is 268 g/mol. The van der Waals surface area contributed by atoms with E-state index in [0.29, 0.717) is 0 Å². The van der Waals surface area contributed by atoms with Gasteiger partial charge in [-0.15, -0.1) is 0 Å². The number of hydrogen-bond acceptors (Lipinski definition) is 4. The molecule has 0 aliphatic rings. The number of rotatable bonds is 4. The van der Waals surface area contributed by atoms with Crippen LogP contribution in [0.2, 0.25) is 0 Å². The van der Waals surface area contributed by atoms with Crippen LogP contribution in [0.1, 0.15) is 24.2 Å². The van der Waals surface area contributed by atoms with E-state index >= 15 is 0 Å². The summed E-state index contributed by atoms with van der Waals surface area (Å²) in [6, 6.07) is 1.00. The van der Waals surface area contributed by atoms with E-state index in [1.165, 1.54) is 7.05 Å². The Balaban J connectivity index is 2.76. The standard InChI is InChI=1S/C12H17FN4O2/c1-12(2,11(19)15-3)6-17-10(18)8-4-7(13)5-16-9(8)14/h4-5H,6H2,1-3H3,(H2,14,16)(H,15,19)(H,17,18). The van der Waals surface area contributed by atoms with Crippen molar-refractivity contribution in [2.45, 2.75) is 13.8 Å². The summed E-state index contributed by atoms with van der Waals surface area (Å²) in [6.45, 7) is 3.46. The highest BCUT2D eigenvalue weighted by Crippen LogP contribution is 2.15. The first-order valence-corrected chi connectivity index (χ1v) is 5.69. The van der Waals surface area contributed by atoms with Crippen LogP contribution in [0, 0.1) is 11.2 Å². The van der Waals surface area contributed by atoms with Crippen LogP contribution < -0.4 is 16.4 Å². The van der Waals surface area contributed by atoms with Crippen LogP contribution in [0.4, 0.5) is 10.2 Å². The summed E-state index contributed by atoms with van der Waals surface area (Å²) in [4.78, 5) is 26.9. The van der Waals surface area contributed by atoms with Crippen molar-refractivity contribution in [3.63, 3.8) is 0 Å². The molecule has 1 aromatic rings. The number of nitrogens with one attached hydrogen (secondary N) is 2. The second-order valence-corrected chi connectivity index (χ2v) is 4.73. The highest BCUT2D eigenvalue weighted by atomic mass is 19.1. The summed E-state index contributed by atoms with van der Waals surface area (Å²) >= 11 is 0. The Hall–Kier alpha value is -2.18. The zero-order valence-corrected chi connectivity index (χ0v) is 11.1. The summed E-state index contributed by atoms with van der Waals surface area (Å²) in [6.07, 6.45) is 0.931. The quantitative estimate of drug-likeness (QED) is 0.732. The van der Waals surface area contributed by atoms with Crippen molar-refractivity contribution in [2.24, 2.45) is 5.41 Å². The van der Waals surface area contributed by atoms with Crippen LogP contribution in [0.15, 0.2) is 12.3 Å². The van der Waals surface area contributed by atoms with Gasteiger partial charge in [-0.1, -0.05) is 0 Å². The molecule has 19 heavy (non-hydrogen) atoms. The molecular weight excluding hydrogens is 251 g/mol. The van der Waals surface area contributed by atoms with Crippen molar-refractivity contribution in [3.8, 4) is 0 Å². The normalized spacial score (nSPS) is 10.9. The fraction of sp³-hybridized carbons (Fsp3) is 0.417. The van der Waals surface area contributed by atoms with Crippen LogP contribution in [0.3, 0.4) is 0 Å². The zero-order valence-electron chi connectivity index (χ0n) is 11.1. The van der Waals surface area contributed by atoms with Gasteiger partial charge in [0.1, 0.15) is 11.6 Å². The molecule has 1 heterocycles. The smallest absolute Gasteiger partial charge is 0.255 e. The number of carbonyl (C=O) groups is 2. The number of nitrogen functional groups attached to an aromatic ring is 1. The van der Waals surface area contributed by atoms with E-state index in [-0.39, 0.29) is 23.8 Å². The molecule has 0 aliphatic carbocycles. The number of pyridine rings is 1. The van der Waals surface area contributed by atoms with Crippen molar-refractivity contribution in [1.82, 2.24) is 15.6 Å². The SMILES string of the molecule is CNC(=O)C(C)(C)CNC(=O)c1cc(F)cnc1N. The minimum absolute atomic E-state index is 0.0484. The molecule has 1 rings (SSSR count). The zero-order chi connectivity index (χ0) is 14.6. The minimum atomic E-state index is -0.778. The lowest BCUT2D eigenvalue weighted by molar-refractivity contribution is -0.128. The average molecular weight is 268 g/mol. The Kier molecular flexibility index (Phi) is 4.42. The molecule has 0 saturated heterocycles. The molecule has 2 amide bonds. The maximum Gasteiger partial charge on any atom is 0.255 e. The summed E-state index contributed by atoms with van der Waals surface area (Å²) in [7, 11) is 1.51. The van der Waals surface area contributed by atoms with E-state index < -0.39 is 17.1 Å². The van der Waals surface area contributed by atoms with Gasteiger partial charge in [0.05, 0.1) is 17.2 Å². The van der Waals surface area contributed by atoms with E-state index in [4.69, 9.17) is 5.73 Å². The predicted octanol–water partition coefficient (Wildman–Crippen LogP) is 0.305. The van der Waals surface area contributed by atoms with E-state index in [9.17, 15) is 14.0 Å². The highest BCUT2D eigenvalue weighted by molar-refractivity contribution is 5.98. The number of halogens is 1. The summed E-state index contributed by atoms with van der Waals surface area (Å²) in [5.74, 6) is -1.49. The van der Waals surface area contributed by atoms with E-state index in [2.05, 4.69) is 15.6 Å². The lowest BCUT2D eigenvalue weighted by atomic mass is 9.92. The molecule has 0 atom stereocenters. The molecule has 0 saturated carbocycles. The van der Waals surface area contributed by atoms with Gasteiger partial charge in [-0.2, -0.15) is 0 Å². The molecule has 1 aromatic heterocycles. The third kappa shape index (κ3) is 3.64. The average Bonchev–Trinajstić information content (AvgIpc) is 2.37. The van der Waals surface area contributed by atoms with Gasteiger partial charge in [0, 0.05) is 13.6 Å². The molecule has 4 N–H and O–H groups in total. The van der Waals surface area contributed by atoms with E-state index in [1.54, 1.807) is 13.8 Å².